The molecule has 0 unspecified atom stereocenters. The first-order valence-corrected chi connectivity index (χ1v) is 27.2. The largest absolute Gasteiger partial charge is 0.489 e. The van der Waals surface area contributed by atoms with Crippen LogP contribution in [0.1, 0.15) is 11.1 Å². The molecule has 12 aromatic rings. The van der Waals surface area contributed by atoms with Crippen molar-refractivity contribution in [2.45, 2.75) is 13.2 Å². The van der Waals surface area contributed by atoms with E-state index in [9.17, 15) is 0 Å². The van der Waals surface area contributed by atoms with Crippen LogP contribution in [0.15, 0.2) is 332 Å². The maximum atomic E-state index is 6.18. The molecule has 0 spiro atoms. The maximum Gasteiger partial charge on any atom is 0.121 e. The summed E-state index contributed by atoms with van der Waals surface area (Å²) < 4.78 is 12.9. The van der Waals surface area contributed by atoms with Crippen molar-refractivity contribution in [1.29, 1.82) is 0 Å². The van der Waals surface area contributed by atoms with Crippen LogP contribution in [0.2, 0.25) is 0 Å². The molecule has 12 rings (SSSR count). The third kappa shape index (κ3) is 15.3. The van der Waals surface area contributed by atoms with Crippen LogP contribution in [0.25, 0.3) is 44.5 Å². The molecule has 0 aliphatic carbocycles. The number of benzene rings is 12. The second kappa shape index (κ2) is 27.4. The Labute approximate surface area is 473 Å². The van der Waals surface area contributed by atoms with Gasteiger partial charge in [-0.25, -0.2) is 0 Å². The highest BCUT2D eigenvalue weighted by Crippen LogP contribution is 2.38. The van der Waals surface area contributed by atoms with Gasteiger partial charge in [-0.3, -0.25) is 0 Å². The lowest BCUT2D eigenvalue weighted by atomic mass is 10.0. The average molecular weight is 1090 g/mol. The lowest BCUT2D eigenvalue weighted by Crippen LogP contribution is -2.10. The van der Waals surface area contributed by atoms with Crippen LogP contribution < -0.4 is 19.7 Å². The van der Waals surface area contributed by atoms with Gasteiger partial charge in [-0.15, -0.1) is 0 Å². The first-order chi connectivity index (χ1) is 39.1. The predicted octanol–water partition coefficient (Wildman–Crippen LogP) is 20.9. The molecule has 384 valence electrons. The first-order valence-electron chi connectivity index (χ1n) is 26.4. The van der Waals surface area contributed by atoms with Crippen LogP contribution >= 0.6 is 15.9 Å². The fraction of sp³-hybridized carbons (Fsp3) is 0.0270. The summed E-state index contributed by atoms with van der Waals surface area (Å²) in [6.07, 6.45) is 0. The number of nitrogens with zero attached hydrogens (tertiary/aromatic N) is 1. The van der Waals surface area contributed by atoms with Crippen LogP contribution in [0.5, 0.6) is 11.5 Å². The van der Waals surface area contributed by atoms with Crippen molar-refractivity contribution in [3.63, 3.8) is 0 Å². The number of anilines is 5. The van der Waals surface area contributed by atoms with E-state index < -0.39 is 0 Å². The quantitative estimate of drug-likeness (QED) is 0.111. The van der Waals surface area contributed by atoms with Gasteiger partial charge in [-0.05, 0) is 134 Å². The number of hydrogen-bond donors (Lipinski definition) is 1. The molecule has 4 nitrogen and oxygen atoms in total. The normalized spacial score (nSPS) is 10.4. The van der Waals surface area contributed by atoms with Gasteiger partial charge < -0.3 is 19.7 Å². The monoisotopic (exact) mass is 1090 g/mol. The van der Waals surface area contributed by atoms with E-state index >= 15 is 0 Å². The zero-order chi connectivity index (χ0) is 53.7. The molecule has 0 heterocycles. The zero-order valence-electron chi connectivity index (χ0n) is 43.7. The molecule has 0 bridgehead atoms. The minimum absolute atomic E-state index is 0.530. The summed E-state index contributed by atoms with van der Waals surface area (Å²) in [5.41, 5.74) is 17.4. The van der Waals surface area contributed by atoms with Gasteiger partial charge in [0, 0.05) is 39.0 Å². The molecule has 5 heteroatoms. The first kappa shape index (κ1) is 52.7. The van der Waals surface area contributed by atoms with Crippen molar-refractivity contribution in [1.82, 2.24) is 0 Å². The van der Waals surface area contributed by atoms with E-state index in [0.29, 0.717) is 13.2 Å². The van der Waals surface area contributed by atoms with Crippen LogP contribution in [-0.2, 0) is 13.2 Å². The highest BCUT2D eigenvalue weighted by molar-refractivity contribution is 9.10. The molecule has 0 radical (unpaired) electrons. The molecule has 79 heavy (non-hydrogen) atoms. The summed E-state index contributed by atoms with van der Waals surface area (Å²) >= 11 is 3.41. The SMILES string of the molecule is Brc1cccc(OCc2ccccc2)c1.c1ccc(-c2ccc(Nc3ccc(-c4ccccc4)cc3)cc2)cc1.c1ccc(COc2cccc(N(c3ccc(-c4ccccc4)cc3)c3ccc(-c4ccccc4)cc3)c2)cc1. The Hall–Kier alpha value is -9.68. The van der Waals surface area contributed by atoms with Crippen LogP contribution in [0.3, 0.4) is 0 Å². The van der Waals surface area contributed by atoms with Gasteiger partial charge in [0.2, 0.25) is 0 Å². The summed E-state index contributed by atoms with van der Waals surface area (Å²) in [7, 11) is 0. The smallest absolute Gasteiger partial charge is 0.121 e. The minimum atomic E-state index is 0.530. The average Bonchev–Trinajstić information content (AvgIpc) is 3.54. The molecule has 12 aromatic carbocycles. The van der Waals surface area contributed by atoms with Gasteiger partial charge in [0.1, 0.15) is 24.7 Å². The number of hydrogen-bond acceptors (Lipinski definition) is 4. The van der Waals surface area contributed by atoms with Crippen LogP contribution in [0.4, 0.5) is 28.4 Å². The van der Waals surface area contributed by atoms with Gasteiger partial charge in [0.15, 0.2) is 0 Å². The van der Waals surface area contributed by atoms with Crippen LogP contribution in [0, 0.1) is 0 Å². The third-order valence-corrected chi connectivity index (χ3v) is 13.6. The van der Waals surface area contributed by atoms with E-state index in [-0.39, 0.29) is 0 Å². The van der Waals surface area contributed by atoms with Gasteiger partial charge in [-0.2, -0.15) is 0 Å². The lowest BCUT2D eigenvalue weighted by Gasteiger charge is -2.26. The molecule has 1 N–H and O–H groups in total. The van der Waals surface area contributed by atoms with Gasteiger partial charge in [0.25, 0.3) is 0 Å². The van der Waals surface area contributed by atoms with E-state index in [2.05, 4.69) is 263 Å². The van der Waals surface area contributed by atoms with Crippen molar-refractivity contribution in [3.05, 3.63) is 343 Å². The summed E-state index contributed by atoms with van der Waals surface area (Å²) in [4.78, 5) is 2.28. The van der Waals surface area contributed by atoms with Gasteiger partial charge in [0.05, 0.1) is 0 Å². The minimum Gasteiger partial charge on any atom is -0.489 e. The van der Waals surface area contributed by atoms with Crippen molar-refractivity contribution in [3.8, 4) is 56.0 Å². The summed E-state index contributed by atoms with van der Waals surface area (Å²) in [5, 5.41) is 3.46. The Kier molecular flexibility index (Phi) is 18.3. The molecule has 0 atom stereocenters. The Bertz CT molecular complexity index is 3530. The summed E-state index contributed by atoms with van der Waals surface area (Å²) in [6.45, 7) is 1.14. The topological polar surface area (TPSA) is 33.7 Å². The maximum absolute atomic E-state index is 6.18. The molecular weight excluding hydrogens is 1030 g/mol. The molecule has 0 aromatic heterocycles. The predicted molar refractivity (Wildman–Crippen MR) is 335 cm³/mol. The zero-order valence-corrected chi connectivity index (χ0v) is 45.3. The second-order valence-corrected chi connectivity index (χ2v) is 19.6. The highest BCUT2D eigenvalue weighted by Gasteiger charge is 2.15. The van der Waals surface area contributed by atoms with E-state index in [0.717, 1.165) is 50.0 Å². The fourth-order valence-corrected chi connectivity index (χ4v) is 9.36. The molecule has 0 fully saturated rings. The number of halogens is 1. The number of nitrogens with one attached hydrogen (secondary N) is 1. The van der Waals surface area contributed by atoms with E-state index in [1.54, 1.807) is 0 Å². The second-order valence-electron chi connectivity index (χ2n) is 18.7. The van der Waals surface area contributed by atoms with Gasteiger partial charge in [-0.1, -0.05) is 259 Å². The summed E-state index contributed by atoms with van der Waals surface area (Å²) in [6, 6.07) is 113. The van der Waals surface area contributed by atoms with Crippen molar-refractivity contribution < 1.29 is 9.47 Å². The molecule has 0 aliphatic rings. The third-order valence-electron chi connectivity index (χ3n) is 13.1. The Balaban J connectivity index is 0.000000149. The Morgan fingerprint density at radius 1 is 0.266 bits per heavy atom. The van der Waals surface area contributed by atoms with E-state index in [1.165, 1.54) is 50.1 Å². The Morgan fingerprint density at radius 2 is 0.570 bits per heavy atom. The molecule has 0 saturated carbocycles. The highest BCUT2D eigenvalue weighted by atomic mass is 79.9. The van der Waals surface area contributed by atoms with Crippen LogP contribution in [-0.4, -0.2) is 0 Å². The Morgan fingerprint density at radius 3 is 0.924 bits per heavy atom. The molecule has 0 saturated heterocycles. The number of ether oxygens (including phenoxy) is 2. The molecule has 0 aliphatic heterocycles. The van der Waals surface area contributed by atoms with Crippen molar-refractivity contribution >= 4 is 44.4 Å². The van der Waals surface area contributed by atoms with Gasteiger partial charge >= 0.3 is 0 Å². The standard InChI is InChI=1S/C37H29NO.C24H19N.C13H11BrO/c1-4-11-29(12-5-1)28-39-37-18-10-17-36(27-37)38(34-23-19-32(20-24-34)30-13-6-2-7-14-30)35-25-21-33(22-26-35)31-15-8-3-9-16-31;1-3-7-19(8-4-1)21-11-15-23(16-12-21)25-24-17-13-22(14-18-24)20-9-5-2-6-10-20;14-12-7-4-8-13(9-12)15-10-11-5-2-1-3-6-11/h1-27H,28H2;1-18,25H;1-9H,10H2. The lowest BCUT2D eigenvalue weighted by molar-refractivity contribution is 0.306. The molecule has 0 amide bonds. The van der Waals surface area contributed by atoms with E-state index in [1.807, 2.05) is 91.0 Å². The number of rotatable bonds is 15. The van der Waals surface area contributed by atoms with Crippen molar-refractivity contribution in [2.75, 3.05) is 10.2 Å². The van der Waals surface area contributed by atoms with Crippen molar-refractivity contribution in [2.24, 2.45) is 0 Å². The van der Waals surface area contributed by atoms with E-state index in [4.69, 9.17) is 9.47 Å². The summed E-state index contributed by atoms with van der Waals surface area (Å²) in [5.74, 6) is 1.72. The molecular formula is C74H59BrN2O2. The fourth-order valence-electron chi connectivity index (χ4n) is 8.99.